The van der Waals surface area contributed by atoms with Gasteiger partial charge in [-0.25, -0.2) is 5.09 Å². The number of nitrogens with zero attached hydrogens (tertiary/aromatic N) is 1. The smallest absolute Gasteiger partial charge is 0.321 e. The zero-order valence-corrected chi connectivity index (χ0v) is 17.3. The fourth-order valence-corrected chi connectivity index (χ4v) is 6.25. The summed E-state index contributed by atoms with van der Waals surface area (Å²) >= 11 is 0. The van der Waals surface area contributed by atoms with Crippen LogP contribution in [0.1, 0.15) is 37.8 Å². The SMILES string of the molecule is C.O=C(O)C(Cc1ccc(N2CCCCC2)cc1)NP1(=O)OCCc2ccccc21. The molecule has 2 heterocycles. The van der Waals surface area contributed by atoms with E-state index >= 15 is 0 Å². The number of fused-ring (bicyclic) bond motifs is 1. The summed E-state index contributed by atoms with van der Waals surface area (Å²) < 4.78 is 19.0. The molecule has 4 rings (SSSR count). The second-order valence-electron chi connectivity index (χ2n) is 7.70. The van der Waals surface area contributed by atoms with E-state index in [9.17, 15) is 14.5 Å². The van der Waals surface area contributed by atoms with Crippen molar-refractivity contribution in [1.29, 1.82) is 0 Å². The number of carboxylic acids is 1. The lowest BCUT2D eigenvalue weighted by Gasteiger charge is -2.29. The number of hydrogen-bond donors (Lipinski definition) is 2. The van der Waals surface area contributed by atoms with E-state index in [1.165, 1.54) is 24.9 Å². The van der Waals surface area contributed by atoms with Crippen LogP contribution in [0.5, 0.6) is 0 Å². The van der Waals surface area contributed by atoms with Gasteiger partial charge in [-0.1, -0.05) is 37.8 Å². The van der Waals surface area contributed by atoms with E-state index < -0.39 is 19.5 Å². The minimum absolute atomic E-state index is 0. The predicted octanol–water partition coefficient (Wildman–Crippen LogP) is 3.99. The minimum Gasteiger partial charge on any atom is -0.480 e. The molecule has 1 saturated heterocycles. The van der Waals surface area contributed by atoms with Crippen LogP contribution in [0, 0.1) is 0 Å². The predicted molar refractivity (Wildman–Crippen MR) is 121 cm³/mol. The topological polar surface area (TPSA) is 78.9 Å². The first-order valence-corrected chi connectivity index (χ1v) is 11.9. The number of piperidine rings is 1. The van der Waals surface area contributed by atoms with Crippen molar-refractivity contribution in [2.45, 2.75) is 45.6 Å². The normalized spacial score (nSPS) is 21.9. The highest BCUT2D eigenvalue weighted by atomic mass is 31.2. The van der Waals surface area contributed by atoms with Crippen molar-refractivity contribution in [2.75, 3.05) is 24.6 Å². The van der Waals surface area contributed by atoms with Crippen LogP contribution in [0.25, 0.3) is 0 Å². The van der Waals surface area contributed by atoms with Gasteiger partial charge in [0, 0.05) is 18.8 Å². The van der Waals surface area contributed by atoms with Gasteiger partial charge >= 0.3 is 13.5 Å². The zero-order valence-electron chi connectivity index (χ0n) is 16.4. The lowest BCUT2D eigenvalue weighted by Crippen LogP contribution is -2.41. The number of carbonyl (C=O) groups is 1. The number of hydrogen-bond acceptors (Lipinski definition) is 4. The summed E-state index contributed by atoms with van der Waals surface area (Å²) in [5.74, 6) is -1.04. The van der Waals surface area contributed by atoms with E-state index in [0.717, 1.165) is 24.2 Å². The van der Waals surface area contributed by atoms with Crippen molar-refractivity contribution in [3.8, 4) is 0 Å². The zero-order chi connectivity index (χ0) is 20.3. The van der Waals surface area contributed by atoms with Crippen LogP contribution in [0.15, 0.2) is 48.5 Å². The van der Waals surface area contributed by atoms with E-state index in [1.807, 2.05) is 36.4 Å². The fourth-order valence-electron chi connectivity index (χ4n) is 4.09. The summed E-state index contributed by atoms with van der Waals surface area (Å²) in [6.07, 6.45) is 4.63. The standard InChI is InChI=1S/C22H27N2O4P.CH4/c25-22(26)20(23-29(27)21-7-3-2-6-18(21)12-15-28-29)16-17-8-10-19(11-9-17)24-13-4-1-5-14-24;/h2-3,6-11,20H,1,4-5,12-16H2,(H,23,27)(H,25,26);1H4. The van der Waals surface area contributed by atoms with Crippen LogP contribution in [0.2, 0.25) is 0 Å². The molecule has 0 aliphatic carbocycles. The Bertz CT molecular complexity index is 910. The largest absolute Gasteiger partial charge is 0.480 e. The second-order valence-corrected chi connectivity index (χ2v) is 9.80. The van der Waals surface area contributed by atoms with Crippen molar-refractivity contribution < 1.29 is 19.0 Å². The Hall–Kier alpha value is -2.14. The van der Waals surface area contributed by atoms with Crippen LogP contribution in [-0.4, -0.2) is 36.8 Å². The average Bonchev–Trinajstić information content (AvgIpc) is 2.75. The Morgan fingerprint density at radius 3 is 2.50 bits per heavy atom. The Morgan fingerprint density at radius 2 is 1.80 bits per heavy atom. The molecule has 2 aliphatic heterocycles. The molecule has 0 saturated carbocycles. The summed E-state index contributed by atoms with van der Waals surface area (Å²) in [7, 11) is -3.42. The Morgan fingerprint density at radius 1 is 1.10 bits per heavy atom. The molecule has 0 spiro atoms. The van der Waals surface area contributed by atoms with Gasteiger partial charge in [0.05, 0.1) is 11.9 Å². The third kappa shape index (κ3) is 4.94. The molecule has 2 aromatic carbocycles. The molecular formula is C23H31N2O4P. The van der Waals surface area contributed by atoms with Crippen molar-refractivity contribution in [3.63, 3.8) is 0 Å². The van der Waals surface area contributed by atoms with Gasteiger partial charge in [-0.3, -0.25) is 9.36 Å². The van der Waals surface area contributed by atoms with Crippen molar-refractivity contribution >= 4 is 24.5 Å². The number of rotatable bonds is 6. The quantitative estimate of drug-likeness (QED) is 0.675. The molecule has 2 N–H and O–H groups in total. The van der Waals surface area contributed by atoms with Gasteiger partial charge in [0.15, 0.2) is 0 Å². The van der Waals surface area contributed by atoms with E-state index in [0.29, 0.717) is 18.3 Å². The van der Waals surface area contributed by atoms with Crippen LogP contribution in [0.3, 0.4) is 0 Å². The molecule has 162 valence electrons. The summed E-state index contributed by atoms with van der Waals surface area (Å²) in [4.78, 5) is 14.3. The number of aliphatic carboxylic acids is 1. The van der Waals surface area contributed by atoms with E-state index in [2.05, 4.69) is 9.99 Å². The maximum atomic E-state index is 13.4. The Balaban J connectivity index is 0.00000256. The third-order valence-electron chi connectivity index (χ3n) is 5.67. The van der Waals surface area contributed by atoms with Gasteiger partial charge in [-0.2, -0.15) is 0 Å². The Kier molecular flexibility index (Phi) is 7.35. The first kappa shape index (κ1) is 22.5. The molecule has 1 fully saturated rings. The molecular weight excluding hydrogens is 399 g/mol. The maximum absolute atomic E-state index is 13.4. The number of carboxylic acid groups (broad SMARTS) is 1. The summed E-state index contributed by atoms with van der Waals surface area (Å²) in [5.41, 5.74) is 3.01. The summed E-state index contributed by atoms with van der Waals surface area (Å²) in [6.45, 7) is 2.45. The van der Waals surface area contributed by atoms with E-state index in [1.54, 1.807) is 12.1 Å². The molecule has 30 heavy (non-hydrogen) atoms. The van der Waals surface area contributed by atoms with Crippen LogP contribution < -0.4 is 15.3 Å². The van der Waals surface area contributed by atoms with Gasteiger partial charge in [0.2, 0.25) is 0 Å². The molecule has 0 bridgehead atoms. The minimum atomic E-state index is -3.42. The highest BCUT2D eigenvalue weighted by Gasteiger charge is 2.36. The molecule has 0 radical (unpaired) electrons. The first-order valence-electron chi connectivity index (χ1n) is 10.2. The van der Waals surface area contributed by atoms with Crippen molar-refractivity contribution in [1.82, 2.24) is 5.09 Å². The van der Waals surface area contributed by atoms with Gasteiger partial charge in [0.1, 0.15) is 6.04 Å². The molecule has 2 aromatic rings. The van der Waals surface area contributed by atoms with E-state index in [-0.39, 0.29) is 13.8 Å². The van der Waals surface area contributed by atoms with Crippen LogP contribution >= 0.6 is 7.52 Å². The van der Waals surface area contributed by atoms with Gasteiger partial charge in [-0.15, -0.1) is 0 Å². The van der Waals surface area contributed by atoms with Crippen LogP contribution in [0.4, 0.5) is 5.69 Å². The molecule has 2 aliphatic rings. The number of anilines is 1. The average molecular weight is 430 g/mol. The Labute approximate surface area is 178 Å². The molecule has 0 aromatic heterocycles. The number of benzene rings is 2. The van der Waals surface area contributed by atoms with Crippen molar-refractivity contribution in [3.05, 3.63) is 59.7 Å². The summed E-state index contributed by atoms with van der Waals surface area (Å²) in [6, 6.07) is 14.4. The lowest BCUT2D eigenvalue weighted by atomic mass is 10.0. The molecule has 6 nitrogen and oxygen atoms in total. The van der Waals surface area contributed by atoms with Gasteiger partial charge in [-0.05, 0) is 61.4 Å². The number of nitrogens with one attached hydrogen (secondary N) is 1. The highest BCUT2D eigenvalue weighted by Crippen LogP contribution is 2.45. The van der Waals surface area contributed by atoms with Crippen LogP contribution in [-0.2, 0) is 26.7 Å². The first-order chi connectivity index (χ1) is 14.0. The third-order valence-corrected chi connectivity index (χ3v) is 7.94. The molecule has 2 atom stereocenters. The van der Waals surface area contributed by atoms with E-state index in [4.69, 9.17) is 4.52 Å². The molecule has 2 unspecified atom stereocenters. The fraction of sp³-hybridized carbons (Fsp3) is 0.435. The summed E-state index contributed by atoms with van der Waals surface area (Å²) in [5, 5.41) is 13.2. The molecule has 0 amide bonds. The highest BCUT2D eigenvalue weighted by molar-refractivity contribution is 7.65. The van der Waals surface area contributed by atoms with Crippen molar-refractivity contribution in [2.24, 2.45) is 0 Å². The van der Waals surface area contributed by atoms with Gasteiger partial charge in [0.25, 0.3) is 0 Å². The second kappa shape index (κ2) is 9.78. The lowest BCUT2D eigenvalue weighted by molar-refractivity contribution is -0.139. The monoisotopic (exact) mass is 430 g/mol. The maximum Gasteiger partial charge on any atom is 0.321 e. The molecule has 7 heteroatoms. The van der Waals surface area contributed by atoms with Gasteiger partial charge < -0.3 is 14.5 Å².